The zero-order chi connectivity index (χ0) is 38.5. The molecule has 1 rings (SSSR count). The molecule has 0 saturated carbocycles. The summed E-state index contributed by atoms with van der Waals surface area (Å²) in [6.07, 6.45) is 21.2. The van der Waals surface area contributed by atoms with Gasteiger partial charge in [0.2, 0.25) is 5.91 Å². The van der Waals surface area contributed by atoms with Gasteiger partial charge in [0, 0.05) is 6.42 Å². The van der Waals surface area contributed by atoms with Crippen LogP contribution in [0.5, 0.6) is 0 Å². The van der Waals surface area contributed by atoms with E-state index in [4.69, 9.17) is 14.0 Å². The van der Waals surface area contributed by atoms with E-state index in [1.54, 1.807) is 0 Å². The molecule has 1 fully saturated rings. The smallest absolute Gasteiger partial charge is 0.394 e. The first-order valence-electron chi connectivity index (χ1n) is 20.9. The minimum atomic E-state index is -5.07. The van der Waals surface area contributed by atoms with Gasteiger partial charge in [0.1, 0.15) is 24.4 Å². The summed E-state index contributed by atoms with van der Waals surface area (Å²) in [5.41, 5.74) is 0. The predicted octanol–water partition coefficient (Wildman–Crippen LogP) is 7.05. The normalized spacial score (nSPS) is 22.0. The zero-order valence-electron chi connectivity index (χ0n) is 32.6. The molecular formula is C39H77NO11S. The maximum absolute atomic E-state index is 13.0. The van der Waals surface area contributed by atoms with Crippen LogP contribution in [-0.4, -0.2) is 95.4 Å². The molecule has 52 heavy (non-hydrogen) atoms. The molecular weight excluding hydrogens is 690 g/mol. The number of hydrogen-bond donors (Lipinski definition) is 6. The summed E-state index contributed by atoms with van der Waals surface area (Å²) >= 11 is 0. The van der Waals surface area contributed by atoms with E-state index in [2.05, 4.69) is 23.3 Å². The summed E-state index contributed by atoms with van der Waals surface area (Å²) in [4.78, 5) is 13.0. The Bertz CT molecular complexity index is 957. The molecule has 310 valence electrons. The second kappa shape index (κ2) is 31.3. The fourth-order valence-corrected chi connectivity index (χ4v) is 7.38. The Balaban J connectivity index is 2.50. The van der Waals surface area contributed by atoms with Crippen molar-refractivity contribution in [3.8, 4) is 0 Å². The Hall–Kier alpha value is -0.900. The summed E-state index contributed by atoms with van der Waals surface area (Å²) < 4.78 is 47.4. The van der Waals surface area contributed by atoms with Crippen LogP contribution in [-0.2, 0) is 28.9 Å². The maximum Gasteiger partial charge on any atom is 0.397 e. The molecule has 12 nitrogen and oxygen atoms in total. The van der Waals surface area contributed by atoms with Crippen LogP contribution < -0.4 is 5.32 Å². The van der Waals surface area contributed by atoms with Gasteiger partial charge in [0.05, 0.1) is 25.4 Å². The van der Waals surface area contributed by atoms with Crippen LogP contribution in [0.2, 0.25) is 0 Å². The second-order valence-corrected chi connectivity index (χ2v) is 16.0. The molecule has 6 N–H and O–H groups in total. The van der Waals surface area contributed by atoms with Crippen LogP contribution in [0.4, 0.5) is 0 Å². The van der Waals surface area contributed by atoms with E-state index in [9.17, 15) is 33.6 Å². The van der Waals surface area contributed by atoms with Gasteiger partial charge in [-0.3, -0.25) is 9.35 Å². The van der Waals surface area contributed by atoms with Gasteiger partial charge < -0.3 is 35.2 Å². The predicted molar refractivity (Wildman–Crippen MR) is 204 cm³/mol. The number of carbonyl (C=O) groups is 1. The lowest BCUT2D eigenvalue weighted by atomic mass is 9.99. The number of carbonyl (C=O) groups excluding carboxylic acids is 1. The van der Waals surface area contributed by atoms with Gasteiger partial charge in [-0.1, -0.05) is 168 Å². The molecule has 1 aliphatic heterocycles. The molecule has 1 amide bonds. The van der Waals surface area contributed by atoms with Crippen molar-refractivity contribution < 1.29 is 51.8 Å². The van der Waals surface area contributed by atoms with Gasteiger partial charge >= 0.3 is 10.4 Å². The Morgan fingerprint density at radius 2 is 1.12 bits per heavy atom. The Labute approximate surface area is 316 Å². The van der Waals surface area contributed by atoms with Crippen LogP contribution in [0.15, 0.2) is 0 Å². The highest BCUT2D eigenvalue weighted by molar-refractivity contribution is 7.80. The van der Waals surface area contributed by atoms with E-state index < -0.39 is 59.9 Å². The van der Waals surface area contributed by atoms with E-state index in [1.807, 2.05) is 0 Å². The van der Waals surface area contributed by atoms with Crippen LogP contribution in [0, 0.1) is 0 Å². The van der Waals surface area contributed by atoms with Crippen LogP contribution in [0.25, 0.3) is 0 Å². The first kappa shape index (κ1) is 49.1. The minimum absolute atomic E-state index is 0.230. The Morgan fingerprint density at radius 3 is 1.54 bits per heavy atom. The Kier molecular flexibility index (Phi) is 29.6. The number of ether oxygens (including phenoxy) is 2. The molecule has 1 aliphatic rings. The lowest BCUT2D eigenvalue weighted by Crippen LogP contribution is -2.61. The fraction of sp³-hybridized carbons (Fsp3) is 0.974. The number of hydrogen-bond acceptors (Lipinski definition) is 10. The minimum Gasteiger partial charge on any atom is -0.394 e. The molecule has 13 heteroatoms. The number of aliphatic hydroxyl groups excluding tert-OH is 4. The molecule has 0 aromatic heterocycles. The fourth-order valence-electron chi connectivity index (χ4n) is 6.87. The van der Waals surface area contributed by atoms with Crippen molar-refractivity contribution in [2.45, 2.75) is 230 Å². The van der Waals surface area contributed by atoms with E-state index in [-0.39, 0.29) is 12.5 Å². The van der Waals surface area contributed by atoms with E-state index in [0.717, 1.165) is 51.4 Å². The molecule has 1 saturated heterocycles. The number of rotatable bonds is 35. The van der Waals surface area contributed by atoms with Crippen molar-refractivity contribution in [2.24, 2.45) is 0 Å². The second-order valence-electron chi connectivity index (χ2n) is 14.9. The summed E-state index contributed by atoms with van der Waals surface area (Å²) in [6, 6.07) is -0.848. The quantitative estimate of drug-likeness (QED) is 0.0286. The highest BCUT2D eigenvalue weighted by atomic mass is 32.3. The first-order chi connectivity index (χ1) is 25.0. The number of aliphatic hydroxyl groups is 4. The third-order valence-corrected chi connectivity index (χ3v) is 10.6. The average Bonchev–Trinajstić information content (AvgIpc) is 3.11. The topological polar surface area (TPSA) is 192 Å². The number of nitrogens with one attached hydrogen (secondary N) is 1. The molecule has 1 heterocycles. The lowest BCUT2D eigenvalue weighted by Gasteiger charge is -2.41. The van der Waals surface area contributed by atoms with Crippen molar-refractivity contribution in [1.29, 1.82) is 0 Å². The molecule has 0 aromatic rings. The molecule has 0 radical (unpaired) electrons. The largest absolute Gasteiger partial charge is 0.397 e. The van der Waals surface area contributed by atoms with Gasteiger partial charge in [0.25, 0.3) is 0 Å². The van der Waals surface area contributed by atoms with Crippen LogP contribution >= 0.6 is 0 Å². The Morgan fingerprint density at radius 1 is 0.692 bits per heavy atom. The average molecular weight is 768 g/mol. The molecule has 7 atom stereocenters. The molecule has 0 spiro atoms. The summed E-state index contributed by atoms with van der Waals surface area (Å²) in [6.45, 7) is 3.41. The van der Waals surface area contributed by atoms with Gasteiger partial charge in [-0.25, -0.2) is 4.18 Å². The van der Waals surface area contributed by atoms with Crippen molar-refractivity contribution in [3.05, 3.63) is 0 Å². The first-order valence-corrected chi connectivity index (χ1v) is 22.3. The van der Waals surface area contributed by atoms with E-state index in [1.165, 1.54) is 109 Å². The van der Waals surface area contributed by atoms with E-state index >= 15 is 0 Å². The number of amides is 1. The zero-order valence-corrected chi connectivity index (χ0v) is 33.5. The molecule has 7 unspecified atom stereocenters. The maximum atomic E-state index is 13.0. The summed E-state index contributed by atoms with van der Waals surface area (Å²) in [7, 11) is -5.07. The van der Waals surface area contributed by atoms with Gasteiger partial charge in [0.15, 0.2) is 6.29 Å². The SMILES string of the molecule is CCCCCCCCCCCCCCCCCCC(=O)NC(COC1OC(CO)C(O)C(OS(=O)(=O)O)C1O)C(O)CCCCCCCCCCC. The molecule has 0 aliphatic carbocycles. The van der Waals surface area contributed by atoms with Gasteiger partial charge in [-0.05, 0) is 12.8 Å². The van der Waals surface area contributed by atoms with Gasteiger partial charge in [-0.15, -0.1) is 0 Å². The van der Waals surface area contributed by atoms with Crippen LogP contribution in [0.3, 0.4) is 0 Å². The molecule has 0 aromatic carbocycles. The van der Waals surface area contributed by atoms with E-state index in [0.29, 0.717) is 12.8 Å². The standard InChI is InChI=1S/C39H77NO11S/c1-3-5-7-9-11-13-14-15-16-17-18-19-21-23-25-27-29-35(43)40-32(33(42)28-26-24-22-20-12-10-8-6-4-2)31-49-39-37(45)38(51-52(46,47)48)36(44)34(30-41)50-39/h32-34,36-39,41-42,44-45H,3-31H2,1-2H3,(H,40,43)(H,46,47,48). The van der Waals surface area contributed by atoms with Crippen molar-refractivity contribution in [2.75, 3.05) is 13.2 Å². The lowest BCUT2D eigenvalue weighted by molar-refractivity contribution is -0.298. The third kappa shape index (κ3) is 24.5. The summed E-state index contributed by atoms with van der Waals surface area (Å²) in [5, 5.41) is 44.6. The number of unbranched alkanes of at least 4 members (excludes halogenated alkanes) is 23. The molecule has 0 bridgehead atoms. The monoisotopic (exact) mass is 768 g/mol. The van der Waals surface area contributed by atoms with Crippen molar-refractivity contribution in [3.63, 3.8) is 0 Å². The summed E-state index contributed by atoms with van der Waals surface area (Å²) in [5.74, 6) is -0.230. The third-order valence-electron chi connectivity index (χ3n) is 10.2. The van der Waals surface area contributed by atoms with Crippen LogP contribution in [0.1, 0.15) is 187 Å². The van der Waals surface area contributed by atoms with Gasteiger partial charge in [-0.2, -0.15) is 8.42 Å². The highest BCUT2D eigenvalue weighted by Gasteiger charge is 2.48. The highest BCUT2D eigenvalue weighted by Crippen LogP contribution is 2.26. The van der Waals surface area contributed by atoms with Crippen molar-refractivity contribution >= 4 is 16.3 Å². The van der Waals surface area contributed by atoms with Crippen molar-refractivity contribution in [1.82, 2.24) is 5.32 Å².